The number of amides is 3. The van der Waals surface area contributed by atoms with Crippen molar-refractivity contribution in [2.75, 3.05) is 6.54 Å². The molecule has 0 saturated heterocycles. The lowest BCUT2D eigenvalue weighted by Gasteiger charge is -2.56. The van der Waals surface area contributed by atoms with Crippen molar-refractivity contribution in [3.63, 3.8) is 0 Å². The summed E-state index contributed by atoms with van der Waals surface area (Å²) < 4.78 is 15.4. The molecule has 3 N–H and O–H groups in total. The van der Waals surface area contributed by atoms with E-state index in [1.54, 1.807) is 9.58 Å². The second-order valence-corrected chi connectivity index (χ2v) is 13.0. The highest BCUT2D eigenvalue weighted by Crippen LogP contribution is 2.57. The molecule has 194 valence electrons. The number of carbonyl (C=O) groups is 2. The van der Waals surface area contributed by atoms with Gasteiger partial charge in [-0.1, -0.05) is 32.4 Å². The van der Waals surface area contributed by atoms with Gasteiger partial charge in [0.15, 0.2) is 0 Å². The van der Waals surface area contributed by atoms with Crippen LogP contribution in [-0.2, 0) is 13.1 Å². The summed E-state index contributed by atoms with van der Waals surface area (Å²) in [5.74, 6) is -0.589. The maximum Gasteiger partial charge on any atom is 0.318 e. The van der Waals surface area contributed by atoms with Crippen LogP contribution in [0, 0.1) is 22.6 Å². The number of halogens is 2. The fraction of sp³-hybridized carbons (Fsp3) is 0.593. The Morgan fingerprint density at radius 2 is 1.89 bits per heavy atom. The quantitative estimate of drug-likeness (QED) is 0.576. The summed E-state index contributed by atoms with van der Waals surface area (Å²) in [7, 11) is 0. The van der Waals surface area contributed by atoms with Gasteiger partial charge in [0.1, 0.15) is 11.5 Å². The summed E-state index contributed by atoms with van der Waals surface area (Å²) in [5.41, 5.74) is 7.72. The number of nitrogens with one attached hydrogen (secondary N) is 1. The first kappa shape index (κ1) is 25.1. The van der Waals surface area contributed by atoms with Crippen LogP contribution in [0.3, 0.4) is 0 Å². The molecule has 2 saturated carbocycles. The largest absolute Gasteiger partial charge is 0.365 e. The van der Waals surface area contributed by atoms with Crippen molar-refractivity contribution in [1.29, 1.82) is 0 Å². The molecular formula is C27H35ClFN5O2. The van der Waals surface area contributed by atoms with Gasteiger partial charge in [-0.2, -0.15) is 5.10 Å². The Hall–Kier alpha value is -2.61. The summed E-state index contributed by atoms with van der Waals surface area (Å²) in [4.78, 5) is 27.7. The van der Waals surface area contributed by atoms with Gasteiger partial charge in [0.05, 0.1) is 29.4 Å². The molecule has 1 aromatic carbocycles. The standard InChI is InChI=1S/C27H35ClFN5O2/c1-25(2)10-16-11-26(3,14-25)15-27(4,12-16)31-24(36)33-7-8-34-20(13-33)21(23(30)35)22(32-34)17-5-6-19(29)18(28)9-17/h5-6,9,16H,7-8,10-15H2,1-4H3,(H2,30,35)(H,31,36). The van der Waals surface area contributed by atoms with E-state index in [1.165, 1.54) is 37.5 Å². The number of rotatable bonds is 3. The Kier molecular flexibility index (Phi) is 5.89. The monoisotopic (exact) mass is 515 g/mol. The van der Waals surface area contributed by atoms with Crippen molar-refractivity contribution in [3.05, 3.63) is 40.3 Å². The van der Waals surface area contributed by atoms with E-state index in [0.29, 0.717) is 41.4 Å². The number of nitrogens with zero attached hydrogens (tertiary/aromatic N) is 3. The van der Waals surface area contributed by atoms with Crippen LogP contribution in [0.25, 0.3) is 11.3 Å². The summed E-state index contributed by atoms with van der Waals surface area (Å²) in [5, 5.41) is 7.88. The summed E-state index contributed by atoms with van der Waals surface area (Å²) >= 11 is 5.97. The maximum atomic E-state index is 13.7. The third-order valence-corrected chi connectivity index (χ3v) is 8.49. The molecule has 2 heterocycles. The van der Waals surface area contributed by atoms with Crippen LogP contribution < -0.4 is 11.1 Å². The predicted octanol–water partition coefficient (Wildman–Crippen LogP) is 5.35. The minimum absolute atomic E-state index is 0.0579. The zero-order valence-corrected chi connectivity index (χ0v) is 22.2. The molecule has 5 rings (SSSR count). The van der Waals surface area contributed by atoms with Crippen LogP contribution in [0.4, 0.5) is 9.18 Å². The molecule has 1 aromatic heterocycles. The lowest BCUT2D eigenvalue weighted by Crippen LogP contribution is -2.59. The van der Waals surface area contributed by atoms with Gasteiger partial charge >= 0.3 is 6.03 Å². The molecule has 7 nitrogen and oxygen atoms in total. The van der Waals surface area contributed by atoms with E-state index in [1.807, 2.05) is 0 Å². The molecular weight excluding hydrogens is 481 g/mol. The van der Waals surface area contributed by atoms with E-state index < -0.39 is 11.7 Å². The van der Waals surface area contributed by atoms with Crippen LogP contribution in [0.15, 0.2) is 18.2 Å². The summed E-state index contributed by atoms with van der Waals surface area (Å²) in [6.45, 7) is 10.4. The van der Waals surface area contributed by atoms with E-state index in [2.05, 4.69) is 38.1 Å². The van der Waals surface area contributed by atoms with Crippen LogP contribution >= 0.6 is 11.6 Å². The molecule has 2 aliphatic carbocycles. The normalized spacial score (nSPS) is 28.9. The molecule has 9 heteroatoms. The fourth-order valence-electron chi connectivity index (χ4n) is 7.81. The number of nitrogens with two attached hydrogens (primary N) is 1. The van der Waals surface area contributed by atoms with Crippen molar-refractivity contribution in [3.8, 4) is 11.3 Å². The predicted molar refractivity (Wildman–Crippen MR) is 137 cm³/mol. The van der Waals surface area contributed by atoms with E-state index >= 15 is 0 Å². The van der Waals surface area contributed by atoms with Crippen molar-refractivity contribution >= 4 is 23.5 Å². The van der Waals surface area contributed by atoms with Crippen molar-refractivity contribution in [2.45, 2.75) is 78.4 Å². The third kappa shape index (κ3) is 4.60. The SMILES string of the molecule is CC1(C)CC2CC(C)(C1)CC(C)(NC(=O)N1CCn3nc(-c4ccc(F)c(Cl)c4)c(C(N)=O)c3C1)C2. The lowest BCUT2D eigenvalue weighted by molar-refractivity contribution is -0.0262. The number of carbonyl (C=O) groups excluding carboxylic acids is 2. The molecule has 2 bridgehead atoms. The van der Waals surface area contributed by atoms with Crippen LogP contribution in [0.1, 0.15) is 75.9 Å². The number of hydrogen-bond donors (Lipinski definition) is 2. The number of primary amides is 1. The highest BCUT2D eigenvalue weighted by atomic mass is 35.5. The third-order valence-electron chi connectivity index (χ3n) is 8.20. The first-order chi connectivity index (χ1) is 16.8. The second kappa shape index (κ2) is 8.47. The van der Waals surface area contributed by atoms with Gasteiger partial charge in [0.2, 0.25) is 0 Å². The van der Waals surface area contributed by atoms with Gasteiger partial charge < -0.3 is 16.0 Å². The van der Waals surface area contributed by atoms with E-state index in [9.17, 15) is 14.0 Å². The van der Waals surface area contributed by atoms with Crippen LogP contribution in [0.5, 0.6) is 0 Å². The molecule has 36 heavy (non-hydrogen) atoms. The number of fused-ring (bicyclic) bond motifs is 3. The van der Waals surface area contributed by atoms with E-state index in [4.69, 9.17) is 17.3 Å². The molecule has 3 amide bonds. The summed E-state index contributed by atoms with van der Waals surface area (Å²) in [6, 6.07) is 4.07. The van der Waals surface area contributed by atoms with Crippen molar-refractivity contribution in [2.24, 2.45) is 22.5 Å². The second-order valence-electron chi connectivity index (χ2n) is 12.6. The van der Waals surface area contributed by atoms with Gasteiger partial charge in [-0.3, -0.25) is 9.48 Å². The van der Waals surface area contributed by atoms with Crippen molar-refractivity contribution in [1.82, 2.24) is 20.0 Å². The molecule has 3 aliphatic rings. The first-order valence-electron chi connectivity index (χ1n) is 12.7. The maximum absolute atomic E-state index is 13.7. The lowest BCUT2D eigenvalue weighted by atomic mass is 9.52. The Morgan fingerprint density at radius 3 is 2.56 bits per heavy atom. The number of urea groups is 1. The van der Waals surface area contributed by atoms with Gasteiger partial charge in [0.25, 0.3) is 5.91 Å². The average molecular weight is 516 g/mol. The molecule has 2 aromatic rings. The van der Waals surface area contributed by atoms with Gasteiger partial charge in [-0.05, 0) is 74.0 Å². The van der Waals surface area contributed by atoms with Gasteiger partial charge in [-0.25, -0.2) is 9.18 Å². The smallest absolute Gasteiger partial charge is 0.318 e. The zero-order chi connectivity index (χ0) is 26.0. The topological polar surface area (TPSA) is 93.2 Å². The number of hydrogen-bond acceptors (Lipinski definition) is 3. The number of aromatic nitrogens is 2. The van der Waals surface area contributed by atoms with Gasteiger partial charge in [0, 0.05) is 17.6 Å². The van der Waals surface area contributed by atoms with E-state index in [-0.39, 0.29) is 34.1 Å². The molecule has 3 unspecified atom stereocenters. The Bertz CT molecular complexity index is 1240. The Labute approximate surface area is 216 Å². The first-order valence-corrected chi connectivity index (χ1v) is 13.1. The van der Waals surface area contributed by atoms with Gasteiger partial charge in [-0.15, -0.1) is 0 Å². The Morgan fingerprint density at radius 1 is 1.14 bits per heavy atom. The fourth-order valence-corrected chi connectivity index (χ4v) is 7.99. The molecule has 0 radical (unpaired) electrons. The number of benzene rings is 1. The molecule has 0 spiro atoms. The minimum Gasteiger partial charge on any atom is -0.365 e. The highest BCUT2D eigenvalue weighted by Gasteiger charge is 2.51. The minimum atomic E-state index is -0.642. The average Bonchev–Trinajstić information content (AvgIpc) is 3.11. The Balaban J connectivity index is 1.37. The molecule has 3 atom stereocenters. The molecule has 1 aliphatic heterocycles. The molecule has 2 fully saturated rings. The zero-order valence-electron chi connectivity index (χ0n) is 21.5. The van der Waals surface area contributed by atoms with Crippen LogP contribution in [-0.4, -0.2) is 38.7 Å². The summed E-state index contributed by atoms with van der Waals surface area (Å²) in [6.07, 6.45) is 5.52. The highest BCUT2D eigenvalue weighted by molar-refractivity contribution is 6.31. The van der Waals surface area contributed by atoms with Crippen molar-refractivity contribution < 1.29 is 14.0 Å². The van der Waals surface area contributed by atoms with E-state index in [0.717, 1.165) is 12.8 Å². The van der Waals surface area contributed by atoms with Crippen LogP contribution in [0.2, 0.25) is 5.02 Å².